The first-order valence-corrected chi connectivity index (χ1v) is 18.1. The van der Waals surface area contributed by atoms with Crippen LogP contribution in [0.5, 0.6) is 0 Å². The van der Waals surface area contributed by atoms with Crippen LogP contribution in [0.4, 0.5) is 0 Å². The van der Waals surface area contributed by atoms with E-state index in [0.717, 1.165) is 71.8 Å². The zero-order chi connectivity index (χ0) is 35.3. The Hall–Kier alpha value is -6.78. The van der Waals surface area contributed by atoms with Crippen LogP contribution < -0.4 is 0 Å². The van der Waals surface area contributed by atoms with E-state index in [1.54, 1.807) is 0 Å². The van der Waals surface area contributed by atoms with E-state index in [9.17, 15) is 0 Å². The minimum absolute atomic E-state index is 0.0756. The van der Waals surface area contributed by atoms with Crippen LogP contribution in [0, 0.1) is 0 Å². The molecule has 3 heterocycles. The molecule has 53 heavy (non-hydrogen) atoms. The molecule has 10 aromatic rings. The fourth-order valence-electron chi connectivity index (χ4n) is 8.49. The highest BCUT2D eigenvalue weighted by atomic mass is 16.3. The van der Waals surface area contributed by atoms with Crippen molar-refractivity contribution in [3.8, 4) is 56.0 Å². The zero-order valence-corrected chi connectivity index (χ0v) is 29.2. The number of nitrogens with zero attached hydrogens (tertiary/aromatic N) is 2. The quantitative estimate of drug-likeness (QED) is 0.186. The molecule has 0 N–H and O–H groups in total. The molecule has 250 valence electrons. The van der Waals surface area contributed by atoms with Crippen molar-refractivity contribution in [3.63, 3.8) is 0 Å². The fraction of sp³-hybridized carbons (Fsp3) is 0.0612. The van der Waals surface area contributed by atoms with Gasteiger partial charge in [-0.1, -0.05) is 135 Å². The van der Waals surface area contributed by atoms with Crippen LogP contribution in [0.25, 0.3) is 100 Å². The molecule has 0 radical (unpaired) electrons. The van der Waals surface area contributed by atoms with Gasteiger partial charge in [0.05, 0.1) is 11.1 Å². The van der Waals surface area contributed by atoms with E-state index in [0.29, 0.717) is 11.5 Å². The molecule has 0 fully saturated rings. The molecule has 0 atom stereocenters. The molecule has 3 aromatic heterocycles. The molecule has 0 amide bonds. The van der Waals surface area contributed by atoms with E-state index >= 15 is 0 Å². The molecule has 7 aromatic carbocycles. The summed E-state index contributed by atoms with van der Waals surface area (Å²) in [6, 6.07) is 55.4. The molecule has 4 heteroatoms. The molecule has 11 rings (SSSR count). The van der Waals surface area contributed by atoms with Crippen molar-refractivity contribution in [2.24, 2.45) is 0 Å². The van der Waals surface area contributed by atoms with Crippen molar-refractivity contribution in [2.45, 2.75) is 19.3 Å². The van der Waals surface area contributed by atoms with Crippen molar-refractivity contribution >= 4 is 44.0 Å². The van der Waals surface area contributed by atoms with E-state index in [-0.39, 0.29) is 5.41 Å². The van der Waals surface area contributed by atoms with Gasteiger partial charge in [0, 0.05) is 32.7 Å². The van der Waals surface area contributed by atoms with Gasteiger partial charge >= 0.3 is 0 Å². The molecule has 4 nitrogen and oxygen atoms in total. The van der Waals surface area contributed by atoms with Crippen LogP contribution in [0.1, 0.15) is 25.0 Å². The van der Waals surface area contributed by atoms with Crippen molar-refractivity contribution in [1.82, 2.24) is 9.97 Å². The van der Waals surface area contributed by atoms with Gasteiger partial charge in [-0.05, 0) is 80.9 Å². The second-order valence-electron chi connectivity index (χ2n) is 14.5. The summed E-state index contributed by atoms with van der Waals surface area (Å²) in [5.74, 6) is 0.592. The lowest BCUT2D eigenvalue weighted by Crippen LogP contribution is -2.14. The van der Waals surface area contributed by atoms with Gasteiger partial charge in [0.2, 0.25) is 5.71 Å². The first kappa shape index (κ1) is 29.9. The summed E-state index contributed by atoms with van der Waals surface area (Å²) < 4.78 is 13.0. The summed E-state index contributed by atoms with van der Waals surface area (Å²) >= 11 is 0. The summed E-state index contributed by atoms with van der Waals surface area (Å²) in [5.41, 5.74) is 15.6. The predicted molar refractivity (Wildman–Crippen MR) is 216 cm³/mol. The minimum atomic E-state index is -0.0756. The lowest BCUT2D eigenvalue weighted by molar-refractivity contribution is 0.653. The smallest absolute Gasteiger partial charge is 0.231 e. The Bertz CT molecular complexity index is 3080. The van der Waals surface area contributed by atoms with E-state index in [4.69, 9.17) is 18.8 Å². The van der Waals surface area contributed by atoms with Gasteiger partial charge in [0.25, 0.3) is 0 Å². The third-order valence-corrected chi connectivity index (χ3v) is 11.1. The van der Waals surface area contributed by atoms with E-state index in [1.807, 2.05) is 42.5 Å². The second-order valence-corrected chi connectivity index (χ2v) is 14.5. The Kier molecular flexibility index (Phi) is 6.27. The number of furan rings is 2. The standard InChI is InChI=1S/C49H32N2O2/c1-49(2)39-18-10-9-16-34(39)35-23-20-33(28-40(35)49)32-22-24-41-37(27-32)44-36(17-11-19-43(44)52-41)47-50-46(30-14-7-4-8-15-30)45-38-26-31(29-12-5-3-6-13-29)21-25-42(38)53-48(45)51-47/h3-28H,1-2H3. The Morgan fingerprint density at radius 1 is 0.415 bits per heavy atom. The maximum absolute atomic E-state index is 6.53. The molecule has 1 aliphatic carbocycles. The first-order valence-electron chi connectivity index (χ1n) is 18.1. The van der Waals surface area contributed by atoms with Gasteiger partial charge in [0.1, 0.15) is 16.7 Å². The third kappa shape index (κ3) is 4.49. The number of fused-ring (bicyclic) bond motifs is 9. The lowest BCUT2D eigenvalue weighted by atomic mass is 9.81. The van der Waals surface area contributed by atoms with Gasteiger partial charge in [0.15, 0.2) is 5.82 Å². The summed E-state index contributed by atoms with van der Waals surface area (Å²) in [6.07, 6.45) is 0. The molecular formula is C49H32N2O2. The van der Waals surface area contributed by atoms with Crippen LogP contribution in [0.3, 0.4) is 0 Å². The molecule has 0 bridgehead atoms. The molecule has 1 aliphatic rings. The molecular weight excluding hydrogens is 649 g/mol. The predicted octanol–water partition coefficient (Wildman–Crippen LogP) is 13.2. The van der Waals surface area contributed by atoms with Gasteiger partial charge in [-0.15, -0.1) is 0 Å². The number of hydrogen-bond donors (Lipinski definition) is 0. The maximum atomic E-state index is 6.53. The molecule has 0 saturated carbocycles. The highest BCUT2D eigenvalue weighted by molar-refractivity contribution is 6.15. The molecule has 0 aliphatic heterocycles. The first-order chi connectivity index (χ1) is 26.0. The number of hydrogen-bond acceptors (Lipinski definition) is 4. The number of aromatic nitrogens is 2. The number of benzene rings is 7. The average molecular weight is 681 g/mol. The van der Waals surface area contributed by atoms with Gasteiger partial charge in [-0.2, -0.15) is 4.98 Å². The van der Waals surface area contributed by atoms with Crippen LogP contribution in [-0.4, -0.2) is 9.97 Å². The third-order valence-electron chi connectivity index (χ3n) is 11.1. The molecule has 0 saturated heterocycles. The fourth-order valence-corrected chi connectivity index (χ4v) is 8.49. The molecule has 0 unspecified atom stereocenters. The zero-order valence-electron chi connectivity index (χ0n) is 29.2. The van der Waals surface area contributed by atoms with Crippen LogP contribution >= 0.6 is 0 Å². The highest BCUT2D eigenvalue weighted by Gasteiger charge is 2.35. The summed E-state index contributed by atoms with van der Waals surface area (Å²) in [6.45, 7) is 4.65. The van der Waals surface area contributed by atoms with Crippen molar-refractivity contribution in [2.75, 3.05) is 0 Å². The number of rotatable bonds is 4. The Balaban J connectivity index is 1.11. The monoisotopic (exact) mass is 680 g/mol. The van der Waals surface area contributed by atoms with E-state index in [2.05, 4.69) is 129 Å². The SMILES string of the molecule is CC1(C)c2ccccc2-c2ccc(-c3ccc4oc5cccc(-c6nc(-c7ccccc7)c7c(n6)oc6ccc(-c8ccccc8)cc67)c5c4c3)cc21. The van der Waals surface area contributed by atoms with Crippen LogP contribution in [0.2, 0.25) is 0 Å². The second kappa shape index (κ2) is 11.1. The molecule has 0 spiro atoms. The summed E-state index contributed by atoms with van der Waals surface area (Å²) in [7, 11) is 0. The maximum Gasteiger partial charge on any atom is 0.231 e. The van der Waals surface area contributed by atoms with Gasteiger partial charge < -0.3 is 8.83 Å². The lowest BCUT2D eigenvalue weighted by Gasteiger charge is -2.22. The topological polar surface area (TPSA) is 52.1 Å². The largest absolute Gasteiger partial charge is 0.456 e. The van der Waals surface area contributed by atoms with Crippen molar-refractivity contribution in [3.05, 3.63) is 169 Å². The minimum Gasteiger partial charge on any atom is -0.456 e. The Labute approximate surface area is 306 Å². The summed E-state index contributed by atoms with van der Waals surface area (Å²) in [5, 5.41) is 3.90. The van der Waals surface area contributed by atoms with Crippen LogP contribution in [0.15, 0.2) is 167 Å². The van der Waals surface area contributed by atoms with Gasteiger partial charge in [-0.25, -0.2) is 4.98 Å². The van der Waals surface area contributed by atoms with Crippen LogP contribution in [-0.2, 0) is 5.41 Å². The summed E-state index contributed by atoms with van der Waals surface area (Å²) in [4.78, 5) is 10.5. The van der Waals surface area contributed by atoms with Crippen molar-refractivity contribution < 1.29 is 8.83 Å². The van der Waals surface area contributed by atoms with Crippen molar-refractivity contribution in [1.29, 1.82) is 0 Å². The van der Waals surface area contributed by atoms with E-state index < -0.39 is 0 Å². The highest BCUT2D eigenvalue weighted by Crippen LogP contribution is 2.50. The Morgan fingerprint density at radius 3 is 1.81 bits per heavy atom. The van der Waals surface area contributed by atoms with E-state index in [1.165, 1.54) is 27.8 Å². The average Bonchev–Trinajstić information content (AvgIpc) is 3.85. The van der Waals surface area contributed by atoms with Gasteiger partial charge in [-0.3, -0.25) is 0 Å². The normalized spacial score (nSPS) is 13.2. The Morgan fingerprint density at radius 2 is 1.02 bits per heavy atom.